The Labute approximate surface area is 117 Å². The van der Waals surface area contributed by atoms with Gasteiger partial charge >= 0.3 is 5.97 Å². The molecular formula is C14H19NO5. The van der Waals surface area contributed by atoms with E-state index in [4.69, 9.17) is 14.6 Å². The van der Waals surface area contributed by atoms with Gasteiger partial charge in [0.15, 0.2) is 6.61 Å². The van der Waals surface area contributed by atoms with Gasteiger partial charge in [-0.05, 0) is 19.1 Å². The second-order valence-corrected chi connectivity index (χ2v) is 4.08. The third-order valence-corrected chi connectivity index (χ3v) is 2.73. The van der Waals surface area contributed by atoms with Gasteiger partial charge in [-0.1, -0.05) is 6.07 Å². The summed E-state index contributed by atoms with van der Waals surface area (Å²) >= 11 is 0. The van der Waals surface area contributed by atoms with Crippen LogP contribution in [0.4, 0.5) is 0 Å². The molecule has 0 atom stereocenters. The SMILES string of the molecule is CCN(CCC(=O)O)C(=O)COc1cccc(OC)c1. The lowest BCUT2D eigenvalue weighted by atomic mass is 10.3. The number of ether oxygens (including phenoxy) is 2. The Morgan fingerprint density at radius 2 is 2.00 bits per heavy atom. The summed E-state index contributed by atoms with van der Waals surface area (Å²) in [4.78, 5) is 23.9. The number of carboxylic acids is 1. The summed E-state index contributed by atoms with van der Waals surface area (Å²) in [6.45, 7) is 2.31. The molecule has 1 aromatic rings. The Hall–Kier alpha value is -2.24. The number of methoxy groups -OCH3 is 1. The van der Waals surface area contributed by atoms with Crippen molar-refractivity contribution in [1.82, 2.24) is 4.90 Å². The van der Waals surface area contributed by atoms with Crippen molar-refractivity contribution in [2.45, 2.75) is 13.3 Å². The van der Waals surface area contributed by atoms with Crippen molar-refractivity contribution in [2.75, 3.05) is 26.8 Å². The Kier molecular flexibility index (Phi) is 6.36. The topological polar surface area (TPSA) is 76.1 Å². The molecule has 0 bridgehead atoms. The van der Waals surface area contributed by atoms with Crippen LogP contribution in [-0.4, -0.2) is 48.7 Å². The predicted molar refractivity (Wildman–Crippen MR) is 73.0 cm³/mol. The van der Waals surface area contributed by atoms with Crippen LogP contribution in [0.15, 0.2) is 24.3 Å². The van der Waals surface area contributed by atoms with Gasteiger partial charge in [-0.25, -0.2) is 0 Å². The molecule has 0 aliphatic carbocycles. The van der Waals surface area contributed by atoms with E-state index >= 15 is 0 Å². The number of likely N-dealkylation sites (N-methyl/N-ethyl adjacent to an activating group) is 1. The lowest BCUT2D eigenvalue weighted by molar-refractivity contribution is -0.139. The zero-order valence-electron chi connectivity index (χ0n) is 11.7. The molecule has 0 saturated carbocycles. The van der Waals surface area contributed by atoms with Crippen LogP contribution in [0.1, 0.15) is 13.3 Å². The highest BCUT2D eigenvalue weighted by Crippen LogP contribution is 2.18. The summed E-state index contributed by atoms with van der Waals surface area (Å²) in [7, 11) is 1.55. The average molecular weight is 281 g/mol. The van der Waals surface area contributed by atoms with E-state index in [2.05, 4.69) is 0 Å². The summed E-state index contributed by atoms with van der Waals surface area (Å²) in [5.74, 6) is 0.0155. The van der Waals surface area contributed by atoms with Crippen molar-refractivity contribution in [1.29, 1.82) is 0 Å². The number of hydrogen-bond acceptors (Lipinski definition) is 4. The number of benzene rings is 1. The van der Waals surface area contributed by atoms with E-state index in [0.717, 1.165) is 0 Å². The first kappa shape index (κ1) is 15.8. The Balaban J connectivity index is 2.49. The van der Waals surface area contributed by atoms with E-state index in [1.807, 2.05) is 0 Å². The van der Waals surface area contributed by atoms with Crippen LogP contribution in [0.2, 0.25) is 0 Å². The molecule has 1 amide bonds. The molecule has 1 N–H and O–H groups in total. The smallest absolute Gasteiger partial charge is 0.305 e. The predicted octanol–water partition coefficient (Wildman–Crippen LogP) is 1.40. The molecule has 0 aliphatic rings. The maximum Gasteiger partial charge on any atom is 0.305 e. The molecule has 110 valence electrons. The number of nitrogens with zero attached hydrogens (tertiary/aromatic N) is 1. The van der Waals surface area contributed by atoms with Crippen molar-refractivity contribution in [2.24, 2.45) is 0 Å². The van der Waals surface area contributed by atoms with Crippen LogP contribution in [0.25, 0.3) is 0 Å². The summed E-state index contributed by atoms with van der Waals surface area (Å²) in [6.07, 6.45) is -0.0707. The largest absolute Gasteiger partial charge is 0.497 e. The minimum absolute atomic E-state index is 0.0707. The van der Waals surface area contributed by atoms with E-state index in [9.17, 15) is 9.59 Å². The van der Waals surface area contributed by atoms with E-state index in [0.29, 0.717) is 18.0 Å². The standard InChI is InChI=1S/C14H19NO5/c1-3-15(8-7-14(17)18)13(16)10-20-12-6-4-5-11(9-12)19-2/h4-6,9H,3,7-8,10H2,1-2H3,(H,17,18). The maximum atomic E-state index is 11.9. The van der Waals surface area contributed by atoms with E-state index in [1.165, 1.54) is 4.90 Å². The monoisotopic (exact) mass is 281 g/mol. The molecule has 6 nitrogen and oxygen atoms in total. The fourth-order valence-electron chi connectivity index (χ4n) is 1.62. The molecule has 0 aliphatic heterocycles. The van der Waals surface area contributed by atoms with Crippen LogP contribution in [0, 0.1) is 0 Å². The molecule has 0 heterocycles. The molecule has 0 saturated heterocycles. The third-order valence-electron chi connectivity index (χ3n) is 2.73. The fourth-order valence-corrected chi connectivity index (χ4v) is 1.62. The summed E-state index contributed by atoms with van der Waals surface area (Å²) in [6, 6.07) is 6.95. The van der Waals surface area contributed by atoms with Crippen molar-refractivity contribution < 1.29 is 24.2 Å². The molecule has 1 aromatic carbocycles. The highest BCUT2D eigenvalue weighted by atomic mass is 16.5. The van der Waals surface area contributed by atoms with Crippen molar-refractivity contribution in [3.63, 3.8) is 0 Å². The molecule has 0 radical (unpaired) electrons. The highest BCUT2D eigenvalue weighted by molar-refractivity contribution is 5.78. The molecule has 0 spiro atoms. The molecule has 0 fully saturated rings. The Morgan fingerprint density at radius 1 is 1.30 bits per heavy atom. The second-order valence-electron chi connectivity index (χ2n) is 4.08. The van der Waals surface area contributed by atoms with Gasteiger partial charge in [-0.2, -0.15) is 0 Å². The van der Waals surface area contributed by atoms with Crippen LogP contribution < -0.4 is 9.47 Å². The van der Waals surface area contributed by atoms with Crippen LogP contribution in [0.3, 0.4) is 0 Å². The van der Waals surface area contributed by atoms with Crippen molar-refractivity contribution in [3.8, 4) is 11.5 Å². The number of hydrogen-bond donors (Lipinski definition) is 1. The van der Waals surface area contributed by atoms with Gasteiger partial charge in [0.2, 0.25) is 0 Å². The molecule has 0 aromatic heterocycles. The van der Waals surface area contributed by atoms with Gasteiger partial charge in [0.1, 0.15) is 11.5 Å². The van der Waals surface area contributed by atoms with Gasteiger partial charge in [0.25, 0.3) is 5.91 Å². The Morgan fingerprint density at radius 3 is 2.60 bits per heavy atom. The third kappa shape index (κ3) is 5.17. The van der Waals surface area contributed by atoms with Crippen molar-refractivity contribution >= 4 is 11.9 Å². The quantitative estimate of drug-likeness (QED) is 0.779. The van der Waals surface area contributed by atoms with E-state index in [-0.39, 0.29) is 25.5 Å². The number of rotatable bonds is 8. The maximum absolute atomic E-state index is 11.9. The lowest BCUT2D eigenvalue weighted by Gasteiger charge is -2.20. The molecular weight excluding hydrogens is 262 g/mol. The number of aliphatic carboxylic acids is 1. The number of amides is 1. The van der Waals surface area contributed by atoms with Gasteiger partial charge in [-0.15, -0.1) is 0 Å². The normalized spacial score (nSPS) is 9.90. The first-order valence-corrected chi connectivity index (χ1v) is 6.33. The van der Waals surface area contributed by atoms with Gasteiger partial charge in [-0.3, -0.25) is 9.59 Å². The number of carbonyl (C=O) groups is 2. The van der Waals surface area contributed by atoms with Gasteiger partial charge in [0.05, 0.1) is 13.5 Å². The first-order chi connectivity index (χ1) is 9.56. The zero-order chi connectivity index (χ0) is 15.0. The fraction of sp³-hybridized carbons (Fsp3) is 0.429. The number of carboxylic acid groups (broad SMARTS) is 1. The summed E-state index contributed by atoms with van der Waals surface area (Å²) in [5, 5.41) is 8.62. The van der Waals surface area contributed by atoms with E-state index < -0.39 is 5.97 Å². The van der Waals surface area contributed by atoms with Gasteiger partial charge in [0, 0.05) is 19.2 Å². The zero-order valence-corrected chi connectivity index (χ0v) is 11.7. The minimum Gasteiger partial charge on any atom is -0.497 e. The summed E-state index contributed by atoms with van der Waals surface area (Å²) < 4.78 is 10.4. The minimum atomic E-state index is -0.926. The molecule has 0 unspecified atom stereocenters. The molecule has 6 heteroatoms. The highest BCUT2D eigenvalue weighted by Gasteiger charge is 2.13. The van der Waals surface area contributed by atoms with E-state index in [1.54, 1.807) is 38.3 Å². The molecule has 20 heavy (non-hydrogen) atoms. The van der Waals surface area contributed by atoms with Crippen LogP contribution in [0.5, 0.6) is 11.5 Å². The Bertz CT molecular complexity index is 461. The van der Waals surface area contributed by atoms with Gasteiger partial charge < -0.3 is 19.5 Å². The first-order valence-electron chi connectivity index (χ1n) is 6.33. The molecule has 1 rings (SSSR count). The summed E-state index contributed by atoms with van der Waals surface area (Å²) in [5.41, 5.74) is 0. The van der Waals surface area contributed by atoms with Crippen LogP contribution >= 0.6 is 0 Å². The van der Waals surface area contributed by atoms with Crippen molar-refractivity contribution in [3.05, 3.63) is 24.3 Å². The number of carbonyl (C=O) groups excluding carboxylic acids is 1. The van der Waals surface area contributed by atoms with Crippen LogP contribution in [-0.2, 0) is 9.59 Å². The second kappa shape index (κ2) is 8.04. The average Bonchev–Trinajstić information content (AvgIpc) is 2.45. The lowest BCUT2D eigenvalue weighted by Crippen LogP contribution is -2.36.